The number of pyridine rings is 2. The van der Waals surface area contributed by atoms with Crippen molar-refractivity contribution in [2.45, 2.75) is 0 Å². The number of aromatic nitrogens is 2. The number of primary amides is 1. The van der Waals surface area contributed by atoms with Crippen LogP contribution in [0.5, 0.6) is 0 Å². The molecule has 0 aliphatic heterocycles. The average molecular weight is 259 g/mol. The van der Waals surface area contributed by atoms with Crippen LogP contribution in [0.2, 0.25) is 0 Å². The molecule has 2 aromatic rings. The largest absolute Gasteiger partial charge is 0.366 e. The minimum atomic E-state index is -0.419. The molecule has 0 saturated heterocycles. The zero-order valence-electron chi connectivity index (χ0n) is 9.98. The highest BCUT2D eigenvalue weighted by Gasteiger charge is 1.99. The van der Waals surface area contributed by atoms with E-state index in [1.54, 1.807) is 24.3 Å². The number of amides is 2. The summed E-state index contributed by atoms with van der Waals surface area (Å²) in [6.45, 7) is 0. The van der Waals surface area contributed by atoms with Gasteiger partial charge in [-0.15, -0.1) is 0 Å². The fourth-order valence-corrected chi connectivity index (χ4v) is 1.10. The number of hydrazine groups is 1. The number of rotatable bonds is 2. The maximum atomic E-state index is 10.7. The van der Waals surface area contributed by atoms with Gasteiger partial charge in [0.15, 0.2) is 0 Å². The molecule has 0 bridgehead atoms. The molecule has 5 N–H and O–H groups in total. The predicted molar refractivity (Wildman–Crippen MR) is 68.6 cm³/mol. The first kappa shape index (κ1) is 14.3. The van der Waals surface area contributed by atoms with Gasteiger partial charge in [-0.05, 0) is 24.3 Å². The van der Waals surface area contributed by atoms with Gasteiger partial charge in [0.2, 0.25) is 5.91 Å². The normalized spacial score (nSPS) is 8.89. The van der Waals surface area contributed by atoms with Crippen LogP contribution < -0.4 is 17.0 Å². The van der Waals surface area contributed by atoms with Crippen molar-refractivity contribution in [3.05, 3.63) is 60.2 Å². The highest BCUT2D eigenvalue weighted by Crippen LogP contribution is 1.93. The second-order valence-electron chi connectivity index (χ2n) is 3.31. The van der Waals surface area contributed by atoms with Gasteiger partial charge in [0.05, 0.1) is 0 Å². The maximum Gasteiger partial charge on any atom is 0.265 e. The first-order valence-corrected chi connectivity index (χ1v) is 5.26. The van der Waals surface area contributed by atoms with Crippen LogP contribution in [-0.4, -0.2) is 21.8 Å². The standard InChI is InChI=1S/C6H7N3O.C6H6N2O/c7-9-6(10)5-1-3-8-4-2-5;7-6(9)5-1-3-8-4-2-5/h1-4H,7H2,(H,9,10);1-4H,(H2,7,9). The molecule has 0 fully saturated rings. The minimum Gasteiger partial charge on any atom is -0.366 e. The molecule has 2 rings (SSSR count). The summed E-state index contributed by atoms with van der Waals surface area (Å²) in [7, 11) is 0. The molecule has 0 spiro atoms. The molecular formula is C12H13N5O2. The van der Waals surface area contributed by atoms with Crippen molar-refractivity contribution in [3.8, 4) is 0 Å². The van der Waals surface area contributed by atoms with E-state index < -0.39 is 5.91 Å². The van der Waals surface area contributed by atoms with Crippen LogP contribution in [0.25, 0.3) is 0 Å². The Morgan fingerprint density at radius 1 is 0.895 bits per heavy atom. The van der Waals surface area contributed by atoms with Crippen LogP contribution in [0.1, 0.15) is 20.7 Å². The predicted octanol–water partition coefficient (Wildman–Crippen LogP) is -0.134. The quantitative estimate of drug-likeness (QED) is 0.393. The lowest BCUT2D eigenvalue weighted by atomic mass is 10.3. The lowest BCUT2D eigenvalue weighted by Gasteiger charge is -1.95. The zero-order chi connectivity index (χ0) is 14.1. The van der Waals surface area contributed by atoms with Crippen molar-refractivity contribution in [1.29, 1.82) is 0 Å². The fourth-order valence-electron chi connectivity index (χ4n) is 1.10. The van der Waals surface area contributed by atoms with Gasteiger partial charge in [-0.2, -0.15) is 0 Å². The van der Waals surface area contributed by atoms with Crippen LogP contribution in [-0.2, 0) is 0 Å². The molecule has 0 radical (unpaired) electrons. The summed E-state index contributed by atoms with van der Waals surface area (Å²) < 4.78 is 0. The maximum absolute atomic E-state index is 10.7. The Kier molecular flexibility index (Phi) is 5.64. The number of nitrogens with zero attached hydrogens (tertiary/aromatic N) is 2. The van der Waals surface area contributed by atoms with Crippen molar-refractivity contribution in [1.82, 2.24) is 15.4 Å². The molecule has 0 aliphatic carbocycles. The van der Waals surface area contributed by atoms with Crippen LogP contribution in [0.4, 0.5) is 0 Å². The Hall–Kier alpha value is -2.80. The van der Waals surface area contributed by atoms with Gasteiger partial charge in [0.1, 0.15) is 0 Å². The molecule has 0 aromatic carbocycles. The van der Waals surface area contributed by atoms with Crippen LogP contribution >= 0.6 is 0 Å². The highest BCUT2D eigenvalue weighted by molar-refractivity contribution is 5.93. The number of nitrogens with one attached hydrogen (secondary N) is 1. The number of nitrogen functional groups attached to an aromatic ring is 1. The third-order valence-electron chi connectivity index (χ3n) is 2.04. The molecule has 2 amide bonds. The van der Waals surface area contributed by atoms with Crippen molar-refractivity contribution in [3.63, 3.8) is 0 Å². The molecule has 7 heteroatoms. The fraction of sp³-hybridized carbons (Fsp3) is 0. The van der Waals surface area contributed by atoms with Crippen LogP contribution in [0.15, 0.2) is 49.1 Å². The van der Waals surface area contributed by atoms with Crippen molar-refractivity contribution in [2.24, 2.45) is 11.6 Å². The van der Waals surface area contributed by atoms with E-state index in [1.807, 2.05) is 5.43 Å². The highest BCUT2D eigenvalue weighted by atomic mass is 16.2. The van der Waals surface area contributed by atoms with E-state index in [9.17, 15) is 9.59 Å². The minimum absolute atomic E-state index is 0.303. The molecule has 2 heterocycles. The molecule has 98 valence electrons. The average Bonchev–Trinajstić information content (AvgIpc) is 2.49. The zero-order valence-corrected chi connectivity index (χ0v) is 9.98. The van der Waals surface area contributed by atoms with Gasteiger partial charge in [-0.1, -0.05) is 0 Å². The molecule has 19 heavy (non-hydrogen) atoms. The third-order valence-corrected chi connectivity index (χ3v) is 2.04. The van der Waals surface area contributed by atoms with Crippen LogP contribution in [0.3, 0.4) is 0 Å². The van der Waals surface area contributed by atoms with Gasteiger partial charge in [-0.25, -0.2) is 5.84 Å². The van der Waals surface area contributed by atoms with E-state index in [4.69, 9.17) is 11.6 Å². The summed E-state index contributed by atoms with van der Waals surface area (Å²) in [6.07, 6.45) is 6.12. The molecule has 0 atom stereocenters. The lowest BCUT2D eigenvalue weighted by molar-refractivity contribution is 0.0952. The summed E-state index contributed by atoms with van der Waals surface area (Å²) in [5, 5.41) is 0. The summed E-state index contributed by atoms with van der Waals surface area (Å²) in [4.78, 5) is 28.6. The number of carbonyl (C=O) groups excluding carboxylic acids is 2. The molecular weight excluding hydrogens is 246 g/mol. The van der Waals surface area contributed by atoms with E-state index in [1.165, 1.54) is 24.8 Å². The first-order valence-electron chi connectivity index (χ1n) is 5.26. The molecule has 0 saturated carbocycles. The number of hydrogen-bond donors (Lipinski definition) is 3. The van der Waals surface area contributed by atoms with Crippen molar-refractivity contribution >= 4 is 11.8 Å². The summed E-state index contributed by atoms with van der Waals surface area (Å²) in [5.74, 6) is 4.16. The first-order chi connectivity index (χ1) is 9.15. The van der Waals surface area contributed by atoms with Crippen molar-refractivity contribution < 1.29 is 9.59 Å². The molecule has 0 aliphatic rings. The van der Waals surface area contributed by atoms with E-state index in [2.05, 4.69) is 9.97 Å². The Labute approximate surface area is 109 Å². The topological polar surface area (TPSA) is 124 Å². The smallest absolute Gasteiger partial charge is 0.265 e. The van der Waals surface area contributed by atoms with Gasteiger partial charge in [0, 0.05) is 35.9 Å². The van der Waals surface area contributed by atoms with E-state index in [0.29, 0.717) is 11.1 Å². The van der Waals surface area contributed by atoms with Gasteiger partial charge in [0.25, 0.3) is 5.91 Å². The van der Waals surface area contributed by atoms with E-state index in [-0.39, 0.29) is 5.91 Å². The second kappa shape index (κ2) is 7.51. The Morgan fingerprint density at radius 3 is 1.63 bits per heavy atom. The van der Waals surface area contributed by atoms with Gasteiger partial charge < -0.3 is 5.73 Å². The molecule has 2 aromatic heterocycles. The molecule has 7 nitrogen and oxygen atoms in total. The summed E-state index contributed by atoms with van der Waals surface area (Å²) in [6, 6.07) is 6.31. The van der Waals surface area contributed by atoms with Crippen molar-refractivity contribution in [2.75, 3.05) is 0 Å². The lowest BCUT2D eigenvalue weighted by Crippen LogP contribution is -2.29. The summed E-state index contributed by atoms with van der Waals surface area (Å²) in [5.41, 5.74) is 7.96. The Bertz CT molecular complexity index is 530. The SMILES string of the molecule is NC(=O)c1ccncc1.NNC(=O)c1ccncc1. The van der Waals surface area contributed by atoms with Gasteiger partial charge >= 0.3 is 0 Å². The number of hydrogen-bond acceptors (Lipinski definition) is 5. The second-order valence-corrected chi connectivity index (χ2v) is 3.31. The Balaban J connectivity index is 0.000000191. The summed E-state index contributed by atoms with van der Waals surface area (Å²) >= 11 is 0. The van der Waals surface area contributed by atoms with E-state index in [0.717, 1.165) is 0 Å². The molecule has 0 unspecified atom stereocenters. The number of nitrogens with two attached hydrogens (primary N) is 2. The van der Waals surface area contributed by atoms with Gasteiger partial charge in [-0.3, -0.25) is 25.0 Å². The third kappa shape index (κ3) is 4.92. The monoisotopic (exact) mass is 259 g/mol. The number of carbonyl (C=O) groups is 2. The Morgan fingerprint density at radius 2 is 1.32 bits per heavy atom. The van der Waals surface area contributed by atoms with Crippen LogP contribution in [0, 0.1) is 0 Å². The van der Waals surface area contributed by atoms with E-state index >= 15 is 0 Å².